The van der Waals surface area contributed by atoms with Crippen molar-refractivity contribution in [3.63, 3.8) is 0 Å². The van der Waals surface area contributed by atoms with Gasteiger partial charge in [0.15, 0.2) is 0 Å². The van der Waals surface area contributed by atoms with E-state index in [1.165, 1.54) is 0 Å². The Kier molecular flexibility index (Phi) is 23.2. The van der Waals surface area contributed by atoms with Crippen LogP contribution in [-0.4, -0.2) is 165 Å². The zero-order valence-electron chi connectivity index (χ0n) is 35.7. The number of likely N-dealkylation sites (tertiary alicyclic amines) is 1. The van der Waals surface area contributed by atoms with Gasteiger partial charge in [-0.2, -0.15) is 25.3 Å². The monoisotopic (exact) mass is 954 g/mol. The Morgan fingerprint density at radius 1 is 0.723 bits per heavy atom. The number of hydrogen-bond acceptors (Lipinski definition) is 15. The van der Waals surface area contributed by atoms with E-state index in [2.05, 4.69) is 57.2 Å². The minimum Gasteiger partial charge on any atom is -0.481 e. The van der Waals surface area contributed by atoms with Crippen LogP contribution >= 0.6 is 25.3 Å². The molecule has 1 saturated heterocycles. The first-order valence-electron chi connectivity index (χ1n) is 20.4. The van der Waals surface area contributed by atoms with Crippen LogP contribution in [0.1, 0.15) is 51.5 Å². The maximum absolute atomic E-state index is 13.7. The lowest BCUT2D eigenvalue weighted by atomic mass is 10.0. The molecule has 9 amide bonds. The third kappa shape index (κ3) is 18.6. The summed E-state index contributed by atoms with van der Waals surface area (Å²) in [5, 5.41) is 44.0. The third-order valence-electron chi connectivity index (χ3n) is 9.71. The zero-order valence-corrected chi connectivity index (χ0v) is 37.5. The van der Waals surface area contributed by atoms with Crippen LogP contribution in [0.3, 0.4) is 0 Å². The van der Waals surface area contributed by atoms with E-state index in [1.807, 2.05) is 5.32 Å². The van der Waals surface area contributed by atoms with E-state index in [-0.39, 0.29) is 49.7 Å². The van der Waals surface area contributed by atoms with Gasteiger partial charge in [0.1, 0.15) is 42.3 Å². The normalized spacial score (nSPS) is 16.5. The first-order valence-corrected chi connectivity index (χ1v) is 21.6. The van der Waals surface area contributed by atoms with Crippen LogP contribution in [0.25, 0.3) is 0 Å². The molecule has 65 heavy (non-hydrogen) atoms. The number of carboxylic acids is 2. The van der Waals surface area contributed by atoms with Crippen molar-refractivity contribution in [1.82, 2.24) is 42.1 Å². The molecule has 14 N–H and O–H groups in total. The summed E-state index contributed by atoms with van der Waals surface area (Å²) >= 11 is 8.18. The number of nitrogens with two attached hydrogens (primary N) is 2. The summed E-state index contributed by atoms with van der Waals surface area (Å²) in [6.45, 7) is 1.73. The van der Waals surface area contributed by atoms with Crippen LogP contribution < -0.4 is 48.7 Å². The fourth-order valence-corrected chi connectivity index (χ4v) is 6.83. The molecule has 0 bridgehead atoms. The molecular formula is C39H58N10O14S2. The van der Waals surface area contributed by atoms with Crippen molar-refractivity contribution in [2.75, 3.05) is 31.2 Å². The molecule has 0 radical (unpaired) electrons. The molecule has 24 nitrogen and oxygen atoms in total. The molecule has 0 spiro atoms. The first-order chi connectivity index (χ1) is 30.6. The van der Waals surface area contributed by atoms with E-state index >= 15 is 0 Å². The molecule has 1 aromatic rings. The zero-order chi connectivity index (χ0) is 49.0. The number of nitrogens with one attached hydrogen (secondary N) is 7. The predicted molar refractivity (Wildman–Crippen MR) is 235 cm³/mol. The summed E-state index contributed by atoms with van der Waals surface area (Å²) in [7, 11) is 0. The summed E-state index contributed by atoms with van der Waals surface area (Å²) in [5.74, 6) is -12.0. The number of thiol groups is 2. The Morgan fingerprint density at radius 2 is 1.29 bits per heavy atom. The van der Waals surface area contributed by atoms with Gasteiger partial charge in [0.25, 0.3) is 0 Å². The van der Waals surface area contributed by atoms with Crippen molar-refractivity contribution < 1.29 is 68.1 Å². The molecule has 8 atom stereocenters. The molecule has 1 aromatic carbocycles. The minimum absolute atomic E-state index is 0.00134. The Morgan fingerprint density at radius 3 is 1.83 bits per heavy atom. The lowest BCUT2D eigenvalue weighted by Gasteiger charge is -2.30. The Balaban J connectivity index is 2.16. The number of aliphatic hydroxyl groups excluding tert-OH is 1. The van der Waals surface area contributed by atoms with E-state index in [0.29, 0.717) is 5.56 Å². The number of aliphatic carboxylic acids is 2. The van der Waals surface area contributed by atoms with Gasteiger partial charge in [-0.3, -0.25) is 47.9 Å². The van der Waals surface area contributed by atoms with Crippen molar-refractivity contribution in [2.24, 2.45) is 17.4 Å². The maximum atomic E-state index is 13.7. The highest BCUT2D eigenvalue weighted by Gasteiger charge is 2.40. The second-order valence-electron chi connectivity index (χ2n) is 15.4. The van der Waals surface area contributed by atoms with E-state index in [0.717, 1.165) is 4.90 Å². The van der Waals surface area contributed by atoms with Crippen LogP contribution in [0.15, 0.2) is 30.3 Å². The van der Waals surface area contributed by atoms with Gasteiger partial charge in [0.2, 0.25) is 53.2 Å². The number of primary amides is 1. The van der Waals surface area contributed by atoms with Gasteiger partial charge in [-0.15, -0.1) is 0 Å². The molecule has 1 aliphatic heterocycles. The molecule has 0 unspecified atom stereocenters. The Hall–Kier alpha value is -5.99. The smallest absolute Gasteiger partial charge is 0.328 e. The molecule has 1 fully saturated rings. The summed E-state index contributed by atoms with van der Waals surface area (Å²) in [6, 6.07) is -2.72. The lowest BCUT2D eigenvalue weighted by molar-refractivity contribution is -0.145. The topological polar surface area (TPSA) is 388 Å². The van der Waals surface area contributed by atoms with E-state index < -0.39 is 139 Å². The molecule has 0 aromatic heterocycles. The van der Waals surface area contributed by atoms with Crippen LogP contribution in [0.2, 0.25) is 0 Å². The molecule has 1 heterocycles. The SMILES string of the molecule is CC(C)C[C@H](NC(=O)[C@H](Cc1ccccc1)NC(=O)[C@@H](N)CS)C(=O)NCC(=O)N[C@@H](CC(N)=O)C(=O)N[C@@H](CS)C(=O)N1CCC[C@H]1C(=O)N[C@@H](CC(=O)O)C(=O)N[C@@H](CO)C(=O)O. The summed E-state index contributed by atoms with van der Waals surface area (Å²) in [6.07, 6.45) is -1.32. The molecule has 0 saturated carbocycles. The molecular weight excluding hydrogens is 897 g/mol. The minimum atomic E-state index is -1.81. The van der Waals surface area contributed by atoms with Crippen molar-refractivity contribution in [1.29, 1.82) is 0 Å². The molecule has 1 aliphatic rings. The highest BCUT2D eigenvalue weighted by Crippen LogP contribution is 2.20. The number of carboxylic acid groups (broad SMARTS) is 2. The van der Waals surface area contributed by atoms with Gasteiger partial charge in [-0.05, 0) is 30.7 Å². The largest absolute Gasteiger partial charge is 0.481 e. The summed E-state index contributed by atoms with van der Waals surface area (Å²) in [5.41, 5.74) is 11.9. The number of benzene rings is 1. The molecule has 0 aliphatic carbocycles. The van der Waals surface area contributed by atoms with Crippen LogP contribution in [0, 0.1) is 5.92 Å². The van der Waals surface area contributed by atoms with Crippen molar-refractivity contribution in [3.8, 4) is 0 Å². The highest BCUT2D eigenvalue weighted by molar-refractivity contribution is 7.80. The number of nitrogens with zero attached hydrogens (tertiary/aromatic N) is 1. The Labute approximate surface area is 384 Å². The van der Waals surface area contributed by atoms with Gasteiger partial charge >= 0.3 is 11.9 Å². The van der Waals surface area contributed by atoms with E-state index in [4.69, 9.17) is 16.6 Å². The summed E-state index contributed by atoms with van der Waals surface area (Å²) in [4.78, 5) is 142. The second-order valence-corrected chi connectivity index (χ2v) is 16.1. The number of rotatable bonds is 27. The van der Waals surface area contributed by atoms with Gasteiger partial charge in [0, 0.05) is 24.5 Å². The Bertz CT molecular complexity index is 1890. The van der Waals surface area contributed by atoms with E-state index in [9.17, 15) is 63.0 Å². The quantitative estimate of drug-likeness (QED) is 0.0367. The third-order valence-corrected chi connectivity index (χ3v) is 10.5. The van der Waals surface area contributed by atoms with Gasteiger partial charge in [-0.1, -0.05) is 44.2 Å². The maximum Gasteiger partial charge on any atom is 0.328 e. The van der Waals surface area contributed by atoms with Crippen LogP contribution in [0.5, 0.6) is 0 Å². The van der Waals surface area contributed by atoms with Gasteiger partial charge < -0.3 is 68.9 Å². The number of carbonyl (C=O) groups excluding carboxylic acids is 9. The number of carbonyl (C=O) groups is 11. The average molecular weight is 955 g/mol. The number of aliphatic hydroxyl groups is 1. The van der Waals surface area contributed by atoms with Crippen molar-refractivity contribution >= 4 is 90.4 Å². The standard InChI is InChI=1S/C39H58N10O14S2/c1-19(2)11-22(45-34(57)23(44-32(55)21(40)17-64)12-20-7-4-3-5-8-20)33(56)42-15-30(52)43-24(13-29(41)51)35(58)48-27(18-65)38(61)49-10-6-9-28(49)37(60)46-25(14-31(53)54)36(59)47-26(16-50)39(62)63/h3-5,7-8,19,21-28,50,64-65H,6,9-18,40H2,1-2H3,(H2,41,51)(H,42,56)(H,43,52)(H,44,55)(H,45,57)(H,46,60)(H,47,59)(H,48,58)(H,53,54)(H,62,63)/t21-,22-,23-,24-,25-,26-,27-,28-/m0/s1. The first kappa shape index (κ1) is 55.1. The lowest BCUT2D eigenvalue weighted by Crippen LogP contribution is -2.60. The predicted octanol–water partition coefficient (Wildman–Crippen LogP) is -5.09. The second kappa shape index (κ2) is 27.4. The summed E-state index contributed by atoms with van der Waals surface area (Å²) < 4.78 is 0. The fourth-order valence-electron chi connectivity index (χ4n) is 6.41. The van der Waals surface area contributed by atoms with E-state index in [1.54, 1.807) is 44.2 Å². The molecule has 360 valence electrons. The average Bonchev–Trinajstić information content (AvgIpc) is 3.75. The number of hydrogen-bond donors (Lipinski definition) is 14. The van der Waals surface area contributed by atoms with Crippen LogP contribution in [0.4, 0.5) is 0 Å². The molecule has 2 rings (SSSR count). The van der Waals surface area contributed by atoms with Crippen LogP contribution in [-0.2, 0) is 59.2 Å². The fraction of sp³-hybridized carbons (Fsp3) is 0.564. The van der Waals surface area contributed by atoms with Gasteiger partial charge in [-0.25, -0.2) is 4.79 Å². The molecule has 26 heteroatoms. The highest BCUT2D eigenvalue weighted by atomic mass is 32.1. The van der Waals surface area contributed by atoms with Gasteiger partial charge in [0.05, 0.1) is 32.0 Å². The number of amides is 9. The van der Waals surface area contributed by atoms with Crippen molar-refractivity contribution in [2.45, 2.75) is 101 Å². The van der Waals surface area contributed by atoms with Crippen molar-refractivity contribution in [3.05, 3.63) is 35.9 Å².